The number of anilines is 2. The van der Waals surface area contributed by atoms with Crippen LogP contribution in [0.2, 0.25) is 0 Å². The van der Waals surface area contributed by atoms with Crippen molar-refractivity contribution in [3.05, 3.63) is 48.5 Å². The molecule has 0 saturated carbocycles. The van der Waals surface area contributed by atoms with Crippen molar-refractivity contribution >= 4 is 17.3 Å². The maximum atomic E-state index is 13.2. The Kier molecular flexibility index (Phi) is 7.20. The zero-order chi connectivity index (χ0) is 25.0. The monoisotopic (exact) mass is 490 g/mol. The third kappa shape index (κ3) is 6.47. The highest BCUT2D eigenvalue weighted by molar-refractivity contribution is 5.98. The van der Waals surface area contributed by atoms with Crippen LogP contribution in [0.1, 0.15) is 20.3 Å². The van der Waals surface area contributed by atoms with Crippen molar-refractivity contribution in [2.75, 3.05) is 23.3 Å². The van der Waals surface area contributed by atoms with Crippen LogP contribution in [0.25, 0.3) is 11.4 Å². The Morgan fingerprint density at radius 3 is 2.54 bits per heavy atom. The van der Waals surface area contributed by atoms with Crippen LogP contribution in [0.3, 0.4) is 0 Å². The van der Waals surface area contributed by atoms with Gasteiger partial charge in [0.1, 0.15) is 5.75 Å². The number of aromatic amines is 1. The van der Waals surface area contributed by atoms with E-state index in [0.29, 0.717) is 18.7 Å². The number of amides is 1. The predicted molar refractivity (Wildman–Crippen MR) is 122 cm³/mol. The highest BCUT2D eigenvalue weighted by Gasteiger charge is 2.37. The minimum absolute atomic E-state index is 0.0185. The molecule has 1 aromatic heterocycles. The average Bonchev–Trinajstić information content (AvgIpc) is 3.33. The van der Waals surface area contributed by atoms with Crippen LogP contribution in [0.15, 0.2) is 48.5 Å². The van der Waals surface area contributed by atoms with E-state index >= 15 is 0 Å². The minimum Gasteiger partial charge on any atom is -0.480 e. The molecule has 1 saturated heterocycles. The fourth-order valence-corrected chi connectivity index (χ4v) is 3.96. The Morgan fingerprint density at radius 1 is 1.20 bits per heavy atom. The van der Waals surface area contributed by atoms with Gasteiger partial charge in [-0.05, 0) is 49.4 Å². The van der Waals surface area contributed by atoms with E-state index in [1.54, 1.807) is 36.4 Å². The van der Waals surface area contributed by atoms with Crippen LogP contribution in [-0.4, -0.2) is 64.1 Å². The smallest absolute Gasteiger partial charge is 0.393 e. The van der Waals surface area contributed by atoms with Crippen LogP contribution >= 0.6 is 0 Å². The van der Waals surface area contributed by atoms with Crippen LogP contribution in [0.5, 0.6) is 5.75 Å². The molecule has 3 aromatic rings. The van der Waals surface area contributed by atoms with Crippen molar-refractivity contribution in [1.29, 1.82) is 0 Å². The molecular formula is C23H25F3N6O3. The van der Waals surface area contributed by atoms with Gasteiger partial charge in [0.15, 0.2) is 6.10 Å². The molecule has 0 spiro atoms. The molecule has 12 heteroatoms. The van der Waals surface area contributed by atoms with Crippen LogP contribution < -0.4 is 15.0 Å². The number of nitrogens with one attached hydrogen (secondary N) is 2. The molecule has 1 aliphatic rings. The fraction of sp³-hybridized carbons (Fsp3) is 0.391. The molecule has 1 unspecified atom stereocenters. The second kappa shape index (κ2) is 10.3. The number of alkyl halides is 3. The Bertz CT molecular complexity index is 1120. The summed E-state index contributed by atoms with van der Waals surface area (Å²) < 4.78 is 50.9. The molecule has 0 bridgehead atoms. The van der Waals surface area contributed by atoms with Gasteiger partial charge in [0.05, 0.1) is 24.3 Å². The third-order valence-electron chi connectivity index (χ3n) is 5.36. The predicted octanol–water partition coefficient (Wildman–Crippen LogP) is 3.82. The second-order valence-corrected chi connectivity index (χ2v) is 8.36. The minimum atomic E-state index is -4.61. The Hall–Kier alpha value is -3.67. The molecule has 2 N–H and O–H groups in total. The van der Waals surface area contributed by atoms with E-state index in [4.69, 9.17) is 9.47 Å². The van der Waals surface area contributed by atoms with Crippen LogP contribution in [0, 0.1) is 0 Å². The zero-order valence-corrected chi connectivity index (χ0v) is 19.1. The third-order valence-corrected chi connectivity index (χ3v) is 5.36. The number of hydrogen-bond acceptors (Lipinski definition) is 7. The van der Waals surface area contributed by atoms with Crippen molar-refractivity contribution in [3.8, 4) is 17.1 Å². The van der Waals surface area contributed by atoms with Crippen molar-refractivity contribution in [2.45, 2.75) is 44.8 Å². The number of para-hydroxylation sites is 1. The van der Waals surface area contributed by atoms with E-state index in [-0.39, 0.29) is 29.5 Å². The highest BCUT2D eigenvalue weighted by Crippen LogP contribution is 2.32. The molecule has 0 aliphatic carbocycles. The standard InChI is InChI=1S/C23H25F3N6O3/c1-14-12-32(13-15(2)34-14)16-8-9-19(18(10-16)21-28-30-31-29-21)27-22(33)20(11-23(24,25)26)35-17-6-4-3-5-7-17/h3-10,14-15,20H,11-13H2,1-2H3,(H,27,33)(H,28,29,30,31)/t14-,15?,20-/m0/s1. The number of carbonyl (C=O) groups excluding carboxylic acids is 1. The lowest BCUT2D eigenvalue weighted by Gasteiger charge is -2.37. The van der Waals surface area contributed by atoms with E-state index in [1.807, 2.05) is 13.8 Å². The molecule has 1 aliphatic heterocycles. The van der Waals surface area contributed by atoms with E-state index in [9.17, 15) is 18.0 Å². The molecule has 186 valence electrons. The number of H-pyrrole nitrogens is 1. The summed E-state index contributed by atoms with van der Waals surface area (Å²) in [7, 11) is 0. The number of halogens is 3. The first-order valence-electron chi connectivity index (χ1n) is 11.1. The summed E-state index contributed by atoms with van der Waals surface area (Å²) in [4.78, 5) is 15.1. The summed E-state index contributed by atoms with van der Waals surface area (Å²) in [5, 5.41) is 16.5. The van der Waals surface area contributed by atoms with Crippen molar-refractivity contribution < 1.29 is 27.4 Å². The van der Waals surface area contributed by atoms with Gasteiger partial charge in [-0.25, -0.2) is 0 Å². The van der Waals surface area contributed by atoms with Crippen molar-refractivity contribution in [2.24, 2.45) is 0 Å². The number of morpholine rings is 1. The van der Waals surface area contributed by atoms with Gasteiger partial charge >= 0.3 is 6.18 Å². The molecule has 35 heavy (non-hydrogen) atoms. The van der Waals surface area contributed by atoms with Crippen LogP contribution in [0.4, 0.5) is 24.5 Å². The average molecular weight is 490 g/mol. The number of aromatic nitrogens is 4. The number of ether oxygens (including phenoxy) is 2. The second-order valence-electron chi connectivity index (χ2n) is 8.36. The highest BCUT2D eigenvalue weighted by atomic mass is 19.4. The summed E-state index contributed by atoms with van der Waals surface area (Å²) in [6.45, 7) is 5.26. The summed E-state index contributed by atoms with van der Waals surface area (Å²) in [6.07, 6.45) is -7.82. The summed E-state index contributed by atoms with van der Waals surface area (Å²) in [6, 6.07) is 13.0. The van der Waals surface area contributed by atoms with Gasteiger partial charge in [-0.2, -0.15) is 18.4 Å². The lowest BCUT2D eigenvalue weighted by atomic mass is 10.1. The lowest BCUT2D eigenvalue weighted by molar-refractivity contribution is -0.158. The van der Waals surface area contributed by atoms with Gasteiger partial charge in [0, 0.05) is 24.3 Å². The molecule has 2 aromatic carbocycles. The van der Waals surface area contributed by atoms with Gasteiger partial charge in [-0.1, -0.05) is 18.2 Å². The van der Waals surface area contributed by atoms with E-state index in [0.717, 1.165) is 5.69 Å². The van der Waals surface area contributed by atoms with E-state index in [2.05, 4.69) is 30.8 Å². The first-order chi connectivity index (χ1) is 16.7. The van der Waals surface area contributed by atoms with Crippen LogP contribution in [-0.2, 0) is 9.53 Å². The van der Waals surface area contributed by atoms with Crippen molar-refractivity contribution in [1.82, 2.24) is 20.6 Å². The Balaban J connectivity index is 1.61. The van der Waals surface area contributed by atoms with Gasteiger partial charge in [-0.3, -0.25) is 4.79 Å². The normalized spacial score (nSPS) is 19.3. The molecule has 3 atom stereocenters. The first-order valence-corrected chi connectivity index (χ1v) is 11.1. The van der Waals surface area contributed by atoms with E-state index < -0.39 is 24.6 Å². The summed E-state index contributed by atoms with van der Waals surface area (Å²) in [5.41, 5.74) is 1.47. The molecule has 0 radical (unpaired) electrons. The quantitative estimate of drug-likeness (QED) is 0.519. The number of tetrazole rings is 1. The number of benzene rings is 2. The van der Waals surface area contributed by atoms with Gasteiger partial charge in [-0.15, -0.1) is 10.2 Å². The fourth-order valence-electron chi connectivity index (χ4n) is 3.96. The van der Waals surface area contributed by atoms with Gasteiger partial charge < -0.3 is 19.7 Å². The topological polar surface area (TPSA) is 105 Å². The van der Waals surface area contributed by atoms with Gasteiger partial charge in [0.2, 0.25) is 5.82 Å². The molecule has 2 heterocycles. The molecule has 9 nitrogen and oxygen atoms in total. The van der Waals surface area contributed by atoms with Gasteiger partial charge in [0.25, 0.3) is 5.91 Å². The first kappa shape index (κ1) is 24.5. The Morgan fingerprint density at radius 2 is 1.91 bits per heavy atom. The largest absolute Gasteiger partial charge is 0.480 e. The van der Waals surface area contributed by atoms with Crippen molar-refractivity contribution in [3.63, 3.8) is 0 Å². The number of nitrogens with zero attached hydrogens (tertiary/aromatic N) is 4. The summed E-state index contributed by atoms with van der Waals surface area (Å²) >= 11 is 0. The Labute approximate surface area is 199 Å². The summed E-state index contributed by atoms with van der Waals surface area (Å²) in [5.74, 6) is -0.605. The number of carbonyl (C=O) groups is 1. The molecule has 4 rings (SSSR count). The molecule has 1 amide bonds. The lowest BCUT2D eigenvalue weighted by Crippen LogP contribution is -2.45. The maximum absolute atomic E-state index is 13.2. The molecular weight excluding hydrogens is 465 g/mol. The number of hydrogen-bond donors (Lipinski definition) is 2. The molecule has 1 fully saturated rings. The zero-order valence-electron chi connectivity index (χ0n) is 19.1. The SMILES string of the molecule is CC1CN(c2ccc(NC(=O)[C@H](CC(F)(F)F)Oc3ccccc3)c(-c3nn[nH]n3)c2)C[C@H](C)O1. The van der Waals surface area contributed by atoms with E-state index in [1.165, 1.54) is 12.1 Å². The maximum Gasteiger partial charge on any atom is 0.393 e. The number of rotatable bonds is 7.